The van der Waals surface area contributed by atoms with Crippen molar-refractivity contribution in [3.05, 3.63) is 65.7 Å². The highest BCUT2D eigenvalue weighted by Gasteiger charge is 2.56. The molecule has 1 aliphatic carbocycles. The van der Waals surface area contributed by atoms with Gasteiger partial charge in [0.1, 0.15) is 6.04 Å². The topological polar surface area (TPSA) is 73.0 Å². The number of fused-ring (bicyclic) bond motifs is 1. The first kappa shape index (κ1) is 20.5. The predicted octanol–water partition coefficient (Wildman–Crippen LogP) is 3.85. The summed E-state index contributed by atoms with van der Waals surface area (Å²) in [6.07, 6.45) is 0.804. The number of rotatable bonds is 4. The van der Waals surface area contributed by atoms with Gasteiger partial charge in [0.05, 0.1) is 6.54 Å². The molecule has 0 radical (unpaired) electrons. The summed E-state index contributed by atoms with van der Waals surface area (Å²) in [5.74, 6) is 0.304. The number of amides is 5. The molecule has 5 rings (SSSR count). The van der Waals surface area contributed by atoms with Gasteiger partial charge in [-0.05, 0) is 29.5 Å². The molecule has 7 heteroatoms. The summed E-state index contributed by atoms with van der Waals surface area (Å²) in [5.41, 5.74) is 3.01. The highest BCUT2D eigenvalue weighted by Crippen LogP contribution is 2.46. The van der Waals surface area contributed by atoms with Gasteiger partial charge in [0.15, 0.2) is 0 Å². The van der Waals surface area contributed by atoms with E-state index in [1.807, 2.05) is 54.6 Å². The lowest BCUT2D eigenvalue weighted by Crippen LogP contribution is -2.55. The van der Waals surface area contributed by atoms with Crippen molar-refractivity contribution >= 4 is 23.7 Å². The third kappa shape index (κ3) is 3.51. The first-order valence-electron chi connectivity index (χ1n) is 11.3. The van der Waals surface area contributed by atoms with Crippen molar-refractivity contribution in [2.75, 3.05) is 25.0 Å². The quantitative estimate of drug-likeness (QED) is 0.746. The Balaban J connectivity index is 1.27. The van der Waals surface area contributed by atoms with Crippen LogP contribution in [-0.2, 0) is 4.79 Å². The van der Waals surface area contributed by atoms with Gasteiger partial charge in [-0.25, -0.2) is 9.59 Å². The summed E-state index contributed by atoms with van der Waals surface area (Å²) < 4.78 is 0. The Labute approximate surface area is 188 Å². The molecule has 2 aromatic rings. The number of nitrogens with zero attached hydrogens (tertiary/aromatic N) is 3. The molecule has 1 N–H and O–H groups in total. The van der Waals surface area contributed by atoms with E-state index in [4.69, 9.17) is 0 Å². The molecule has 2 aliphatic heterocycles. The van der Waals surface area contributed by atoms with Gasteiger partial charge in [-0.1, -0.05) is 62.4 Å². The molecule has 0 spiro atoms. The largest absolute Gasteiger partial charge is 0.327 e. The first-order chi connectivity index (χ1) is 15.5. The van der Waals surface area contributed by atoms with E-state index in [1.165, 1.54) is 4.90 Å². The van der Waals surface area contributed by atoms with E-state index < -0.39 is 6.04 Å². The van der Waals surface area contributed by atoms with Crippen LogP contribution in [0.4, 0.5) is 15.3 Å². The van der Waals surface area contributed by atoms with Crippen molar-refractivity contribution in [3.8, 4) is 0 Å². The summed E-state index contributed by atoms with van der Waals surface area (Å²) in [6.45, 7) is 5.17. The molecule has 32 heavy (non-hydrogen) atoms. The minimum Gasteiger partial charge on any atom is -0.320 e. The van der Waals surface area contributed by atoms with Crippen molar-refractivity contribution in [2.24, 2.45) is 0 Å². The van der Waals surface area contributed by atoms with Gasteiger partial charge < -0.3 is 15.1 Å². The van der Waals surface area contributed by atoms with Crippen molar-refractivity contribution in [3.63, 3.8) is 0 Å². The van der Waals surface area contributed by atoms with Gasteiger partial charge in [-0.15, -0.1) is 0 Å². The fraction of sp³-hybridized carbons (Fsp3) is 0.400. The number of hydrogen-bond donors (Lipinski definition) is 1. The lowest BCUT2D eigenvalue weighted by atomic mass is 10.0. The Morgan fingerprint density at radius 3 is 2.47 bits per heavy atom. The van der Waals surface area contributed by atoms with Crippen molar-refractivity contribution < 1.29 is 14.4 Å². The molecule has 5 amide bonds. The van der Waals surface area contributed by atoms with Crippen LogP contribution >= 0.6 is 0 Å². The van der Waals surface area contributed by atoms with Crippen molar-refractivity contribution in [1.29, 1.82) is 0 Å². The average molecular weight is 433 g/mol. The molecule has 1 saturated carbocycles. The Kier molecular flexibility index (Phi) is 5.12. The zero-order valence-electron chi connectivity index (χ0n) is 18.4. The van der Waals surface area contributed by atoms with Gasteiger partial charge in [-0.3, -0.25) is 9.69 Å². The van der Waals surface area contributed by atoms with Crippen LogP contribution in [0.5, 0.6) is 0 Å². The third-order valence-corrected chi connectivity index (χ3v) is 6.78. The van der Waals surface area contributed by atoms with E-state index >= 15 is 0 Å². The average Bonchev–Trinajstić information content (AvgIpc) is 3.55. The number of para-hydroxylation sites is 1. The molecule has 3 fully saturated rings. The number of carbonyl (C=O) groups is 3. The number of benzene rings is 2. The molecule has 2 saturated heterocycles. The fourth-order valence-corrected chi connectivity index (χ4v) is 4.94. The molecule has 0 aromatic heterocycles. The van der Waals surface area contributed by atoms with Crippen LogP contribution in [0, 0.1) is 0 Å². The molecule has 1 unspecified atom stereocenters. The minimum atomic E-state index is -0.598. The molecule has 0 bridgehead atoms. The summed E-state index contributed by atoms with van der Waals surface area (Å²) in [5, 5.41) is 3.00. The zero-order chi connectivity index (χ0) is 22.4. The maximum absolute atomic E-state index is 13.2. The van der Waals surface area contributed by atoms with E-state index in [0.29, 0.717) is 13.1 Å². The lowest BCUT2D eigenvalue weighted by molar-refractivity contribution is -0.129. The summed E-state index contributed by atoms with van der Waals surface area (Å²) >= 11 is 0. The van der Waals surface area contributed by atoms with Gasteiger partial charge in [0, 0.05) is 30.7 Å². The van der Waals surface area contributed by atoms with E-state index in [0.717, 1.165) is 23.2 Å². The Bertz CT molecular complexity index is 1050. The second kappa shape index (κ2) is 7.97. The maximum atomic E-state index is 13.2. The van der Waals surface area contributed by atoms with Crippen LogP contribution in [0.2, 0.25) is 0 Å². The molecule has 3 aliphatic rings. The Morgan fingerprint density at radius 2 is 1.72 bits per heavy atom. The second-order valence-corrected chi connectivity index (χ2v) is 9.14. The molecule has 166 valence electrons. The van der Waals surface area contributed by atoms with E-state index in [2.05, 4.69) is 19.2 Å². The fourth-order valence-electron chi connectivity index (χ4n) is 4.94. The van der Waals surface area contributed by atoms with Crippen LogP contribution in [0.15, 0.2) is 54.6 Å². The summed E-state index contributed by atoms with van der Waals surface area (Å²) in [4.78, 5) is 43.9. The minimum absolute atomic E-state index is 0.0804. The number of anilines is 1. The van der Waals surface area contributed by atoms with Gasteiger partial charge >= 0.3 is 12.1 Å². The third-order valence-electron chi connectivity index (χ3n) is 6.78. The molecule has 7 nitrogen and oxygen atoms in total. The van der Waals surface area contributed by atoms with Gasteiger partial charge in [0.25, 0.3) is 5.91 Å². The molecule has 2 aromatic carbocycles. The normalized spacial score (nSPS) is 24.7. The molecule has 3 atom stereocenters. The molecular formula is C25H28N4O3. The monoisotopic (exact) mass is 432 g/mol. The van der Waals surface area contributed by atoms with Gasteiger partial charge in [0.2, 0.25) is 0 Å². The van der Waals surface area contributed by atoms with E-state index in [1.54, 1.807) is 9.80 Å². The lowest BCUT2D eigenvalue weighted by Gasteiger charge is -2.35. The van der Waals surface area contributed by atoms with Crippen LogP contribution in [-0.4, -0.2) is 64.4 Å². The predicted molar refractivity (Wildman–Crippen MR) is 121 cm³/mol. The molecule has 2 heterocycles. The SMILES string of the molecule is CC(C)c1ccccc1NC(=O)N1CCN2C(=O)N([C@@H]3C[C@H]3c3ccccc3)C(=O)C2C1. The number of urea groups is 2. The van der Waals surface area contributed by atoms with Crippen LogP contribution in [0.3, 0.4) is 0 Å². The number of piperazine rings is 1. The number of imide groups is 1. The molecular weight excluding hydrogens is 404 g/mol. The summed E-state index contributed by atoms with van der Waals surface area (Å²) in [6, 6.07) is 16.7. The number of carbonyl (C=O) groups excluding carboxylic acids is 3. The smallest absolute Gasteiger partial charge is 0.320 e. The standard InChI is InChI=1S/C25H28N4O3/c1-16(2)18-10-6-7-11-20(18)26-24(31)27-12-13-28-22(15-27)23(30)29(25(28)32)21-14-19(21)17-8-4-3-5-9-17/h3-11,16,19,21-22H,12-15H2,1-2H3,(H,26,31)/t19-,21+,22?/m0/s1. The van der Waals surface area contributed by atoms with E-state index in [9.17, 15) is 14.4 Å². The van der Waals surface area contributed by atoms with Crippen LogP contribution < -0.4 is 5.32 Å². The Hall–Kier alpha value is -3.35. The maximum Gasteiger partial charge on any atom is 0.327 e. The Morgan fingerprint density at radius 1 is 1.00 bits per heavy atom. The van der Waals surface area contributed by atoms with Crippen molar-refractivity contribution in [2.45, 2.75) is 44.2 Å². The van der Waals surface area contributed by atoms with E-state index in [-0.39, 0.29) is 42.4 Å². The van der Waals surface area contributed by atoms with Gasteiger partial charge in [-0.2, -0.15) is 0 Å². The van der Waals surface area contributed by atoms with Crippen LogP contribution in [0.1, 0.15) is 43.2 Å². The highest BCUT2D eigenvalue weighted by molar-refractivity contribution is 6.05. The second-order valence-electron chi connectivity index (χ2n) is 9.14. The summed E-state index contributed by atoms with van der Waals surface area (Å²) in [7, 11) is 0. The zero-order valence-corrected chi connectivity index (χ0v) is 18.4. The number of nitrogens with one attached hydrogen (secondary N) is 1. The van der Waals surface area contributed by atoms with Crippen molar-refractivity contribution in [1.82, 2.24) is 14.7 Å². The highest BCUT2D eigenvalue weighted by atomic mass is 16.2. The number of hydrogen-bond acceptors (Lipinski definition) is 3. The first-order valence-corrected chi connectivity index (χ1v) is 11.3. The van der Waals surface area contributed by atoms with Crippen LogP contribution in [0.25, 0.3) is 0 Å².